The fraction of sp³-hybridized carbons (Fsp3) is 0.367. The number of hydrogen-bond acceptors (Lipinski definition) is 6. The number of ether oxygens (including phenoxy) is 1. The number of piperidine rings is 1. The zero-order valence-electron chi connectivity index (χ0n) is 22.8. The van der Waals surface area contributed by atoms with E-state index in [1.165, 1.54) is 30.3 Å². The van der Waals surface area contributed by atoms with Crippen molar-refractivity contribution in [1.82, 2.24) is 4.90 Å². The Morgan fingerprint density at radius 3 is 2.43 bits per heavy atom. The molecule has 3 aromatic rings. The number of halogens is 3. The van der Waals surface area contributed by atoms with Crippen molar-refractivity contribution in [3.05, 3.63) is 72.0 Å². The fourth-order valence-electron chi connectivity index (χ4n) is 4.74. The van der Waals surface area contributed by atoms with Crippen LogP contribution in [-0.4, -0.2) is 61.7 Å². The highest BCUT2D eigenvalue weighted by Gasteiger charge is 2.36. The first-order chi connectivity index (χ1) is 20.0. The highest BCUT2D eigenvalue weighted by molar-refractivity contribution is 7.93. The third kappa shape index (κ3) is 7.54. The molecule has 8 nitrogen and oxygen atoms in total. The van der Waals surface area contributed by atoms with Crippen molar-refractivity contribution < 1.29 is 36.2 Å². The molecule has 0 atom stereocenters. The lowest BCUT2D eigenvalue weighted by Crippen LogP contribution is -2.40. The Kier molecular flexibility index (Phi) is 8.65. The van der Waals surface area contributed by atoms with Crippen LogP contribution in [0.5, 0.6) is 11.5 Å². The third-order valence-electron chi connectivity index (χ3n) is 7.33. The Morgan fingerprint density at radius 1 is 1.02 bits per heavy atom. The van der Waals surface area contributed by atoms with Crippen molar-refractivity contribution in [2.45, 2.75) is 43.3 Å². The lowest BCUT2D eigenvalue weighted by atomic mass is 10.0. The van der Waals surface area contributed by atoms with E-state index in [4.69, 9.17) is 4.74 Å². The number of carbonyl (C=O) groups excluding carboxylic acids is 1. The highest BCUT2D eigenvalue weighted by Crippen LogP contribution is 2.35. The molecule has 224 valence electrons. The van der Waals surface area contributed by atoms with Gasteiger partial charge in [-0.15, -0.1) is 0 Å². The molecule has 5 rings (SSSR count). The summed E-state index contributed by atoms with van der Waals surface area (Å²) in [5.41, 5.74) is 1.81. The number of sulfonamides is 1. The van der Waals surface area contributed by atoms with Gasteiger partial charge in [0.15, 0.2) is 0 Å². The van der Waals surface area contributed by atoms with Crippen molar-refractivity contribution in [1.29, 1.82) is 0 Å². The maximum atomic E-state index is 13.6. The van der Waals surface area contributed by atoms with Gasteiger partial charge in [0.1, 0.15) is 17.3 Å². The molecule has 1 saturated carbocycles. The first-order valence-corrected chi connectivity index (χ1v) is 15.3. The molecule has 0 spiro atoms. The van der Waals surface area contributed by atoms with Crippen LogP contribution in [0.2, 0.25) is 0 Å². The Morgan fingerprint density at radius 2 is 1.74 bits per heavy atom. The second-order valence-electron chi connectivity index (χ2n) is 10.6. The molecule has 0 unspecified atom stereocenters. The van der Waals surface area contributed by atoms with E-state index in [-0.39, 0.29) is 42.1 Å². The zero-order valence-corrected chi connectivity index (χ0v) is 23.6. The molecule has 42 heavy (non-hydrogen) atoms. The maximum Gasteiger partial charge on any atom is 0.255 e. The summed E-state index contributed by atoms with van der Waals surface area (Å²) >= 11 is 0. The molecular weight excluding hydrogens is 571 g/mol. The van der Waals surface area contributed by atoms with Crippen molar-refractivity contribution in [3.8, 4) is 22.6 Å². The molecule has 1 aliphatic carbocycles. The average molecular weight is 604 g/mol. The van der Waals surface area contributed by atoms with Gasteiger partial charge in [-0.05, 0) is 73.4 Å². The minimum absolute atomic E-state index is 0.0344. The number of amides is 1. The minimum Gasteiger partial charge on any atom is -0.506 e. The number of carbonyl (C=O) groups is 1. The number of nitrogens with one attached hydrogen (secondary N) is 2. The van der Waals surface area contributed by atoms with E-state index < -0.39 is 32.9 Å². The summed E-state index contributed by atoms with van der Waals surface area (Å²) in [6.07, 6.45) is 1.38. The van der Waals surface area contributed by atoms with Crippen LogP contribution in [0.25, 0.3) is 11.1 Å². The minimum atomic E-state index is -3.62. The molecule has 1 heterocycles. The topological polar surface area (TPSA) is 108 Å². The van der Waals surface area contributed by atoms with E-state index in [9.17, 15) is 31.5 Å². The molecule has 12 heteroatoms. The number of anilines is 2. The second kappa shape index (κ2) is 12.2. The molecule has 1 amide bonds. The lowest BCUT2D eigenvalue weighted by Gasteiger charge is -2.31. The Bertz CT molecular complexity index is 1540. The Hall–Kier alpha value is -3.77. The Labute approximate surface area is 242 Å². The van der Waals surface area contributed by atoms with Crippen molar-refractivity contribution in [2.24, 2.45) is 0 Å². The summed E-state index contributed by atoms with van der Waals surface area (Å²) in [7, 11) is -3.62. The van der Waals surface area contributed by atoms with E-state index in [1.807, 2.05) is 4.90 Å². The summed E-state index contributed by atoms with van der Waals surface area (Å²) in [5.74, 6) is -3.37. The molecule has 0 aromatic heterocycles. The van der Waals surface area contributed by atoms with Crippen LogP contribution in [0.3, 0.4) is 0 Å². The first kappa shape index (κ1) is 29.7. The fourth-order valence-corrected chi connectivity index (χ4v) is 6.13. The summed E-state index contributed by atoms with van der Waals surface area (Å²) in [6.45, 7) is 1.51. The second-order valence-corrected chi connectivity index (χ2v) is 12.6. The first-order valence-electron chi connectivity index (χ1n) is 13.8. The number of alkyl halides is 2. The molecular formula is C30H32F3N3O5S. The van der Waals surface area contributed by atoms with Crippen molar-refractivity contribution in [3.63, 3.8) is 0 Å². The highest BCUT2D eigenvalue weighted by atomic mass is 32.2. The molecule has 2 fully saturated rings. The molecule has 1 saturated heterocycles. The smallest absolute Gasteiger partial charge is 0.255 e. The van der Waals surface area contributed by atoms with Gasteiger partial charge in [-0.2, -0.15) is 0 Å². The summed E-state index contributed by atoms with van der Waals surface area (Å²) in [5, 5.41) is 12.4. The average Bonchev–Trinajstić information content (AvgIpc) is 3.81. The normalized spacial score (nSPS) is 17.0. The van der Waals surface area contributed by atoms with Gasteiger partial charge in [0.05, 0.1) is 17.5 Å². The number of benzene rings is 3. The molecule has 2 aliphatic rings. The van der Waals surface area contributed by atoms with E-state index in [1.54, 1.807) is 30.3 Å². The van der Waals surface area contributed by atoms with E-state index in [2.05, 4.69) is 10.0 Å². The molecule has 0 radical (unpaired) electrons. The zero-order chi connectivity index (χ0) is 29.9. The predicted octanol–water partition coefficient (Wildman–Crippen LogP) is 5.85. The molecule has 1 aliphatic heterocycles. The summed E-state index contributed by atoms with van der Waals surface area (Å²) in [4.78, 5) is 15.1. The number of nitrogens with zero attached hydrogens (tertiary/aromatic N) is 1. The molecule has 0 bridgehead atoms. The van der Waals surface area contributed by atoms with Crippen LogP contribution >= 0.6 is 0 Å². The van der Waals surface area contributed by atoms with Gasteiger partial charge in [-0.1, -0.05) is 12.1 Å². The van der Waals surface area contributed by atoms with E-state index in [0.29, 0.717) is 55.8 Å². The molecule has 3 N–H and O–H groups in total. The number of phenols is 1. The van der Waals surface area contributed by atoms with Gasteiger partial charge in [0.2, 0.25) is 10.0 Å². The van der Waals surface area contributed by atoms with Crippen LogP contribution < -0.4 is 14.8 Å². The lowest BCUT2D eigenvalue weighted by molar-refractivity contribution is -0.0554. The number of hydrogen-bond donors (Lipinski definition) is 3. The van der Waals surface area contributed by atoms with Crippen LogP contribution in [0.1, 0.15) is 42.5 Å². The summed E-state index contributed by atoms with van der Waals surface area (Å²) in [6, 6.07) is 14.8. The Balaban J connectivity index is 1.29. The number of likely N-dealkylation sites (tertiary alicyclic amines) is 1. The van der Waals surface area contributed by atoms with E-state index in [0.717, 1.165) is 0 Å². The van der Waals surface area contributed by atoms with Crippen LogP contribution in [0.4, 0.5) is 24.5 Å². The van der Waals surface area contributed by atoms with Gasteiger partial charge in [-0.25, -0.2) is 21.6 Å². The van der Waals surface area contributed by atoms with Gasteiger partial charge in [0, 0.05) is 49.3 Å². The third-order valence-corrected chi connectivity index (χ3v) is 9.19. The predicted molar refractivity (Wildman–Crippen MR) is 154 cm³/mol. The quantitative estimate of drug-likeness (QED) is 0.144. The van der Waals surface area contributed by atoms with Gasteiger partial charge in [0.25, 0.3) is 11.8 Å². The van der Waals surface area contributed by atoms with Crippen LogP contribution in [0.15, 0.2) is 60.7 Å². The van der Waals surface area contributed by atoms with Crippen molar-refractivity contribution in [2.75, 3.05) is 36.3 Å². The van der Waals surface area contributed by atoms with Crippen LogP contribution in [-0.2, 0) is 10.0 Å². The van der Waals surface area contributed by atoms with Gasteiger partial charge >= 0.3 is 0 Å². The van der Waals surface area contributed by atoms with E-state index >= 15 is 0 Å². The SMILES string of the molecule is O=C(Nc1ccc(O)c(NS(=O)(=O)C2CC2)c1)c1ccc(-c2ccc(F)cc2)c(OCCCN2CCC(F)(F)CC2)c1. The van der Waals surface area contributed by atoms with Gasteiger partial charge in [-0.3, -0.25) is 9.52 Å². The number of aromatic hydroxyl groups is 1. The largest absolute Gasteiger partial charge is 0.506 e. The number of rotatable bonds is 11. The number of phenolic OH excluding ortho intramolecular Hbond substituents is 1. The van der Waals surface area contributed by atoms with Crippen LogP contribution in [0, 0.1) is 5.82 Å². The van der Waals surface area contributed by atoms with Gasteiger partial charge < -0.3 is 20.1 Å². The summed E-state index contributed by atoms with van der Waals surface area (Å²) < 4.78 is 73.5. The standard InChI is InChI=1S/C30H32F3N3O5S/c31-22-5-2-20(3-6-22)25-10-4-21(18-28(25)41-17-1-14-36-15-12-30(32,33)13-16-36)29(38)34-23-7-11-27(37)26(19-23)35-42(39,40)24-8-9-24/h2-7,10-11,18-19,24,35,37H,1,8-9,12-17H2,(H,34,38). The molecule has 3 aromatic carbocycles. The van der Waals surface area contributed by atoms with Crippen molar-refractivity contribution >= 4 is 27.3 Å². The monoisotopic (exact) mass is 603 g/mol. The maximum absolute atomic E-state index is 13.6.